The van der Waals surface area contributed by atoms with Crippen molar-refractivity contribution in [3.05, 3.63) is 108 Å². The molecule has 5 aromatic rings. The van der Waals surface area contributed by atoms with E-state index >= 15 is 0 Å². The number of oxazole rings is 1. The van der Waals surface area contributed by atoms with Gasteiger partial charge in [-0.05, 0) is 53.4 Å². The first-order valence-electron chi connectivity index (χ1n) is 12.5. The van der Waals surface area contributed by atoms with Gasteiger partial charge in [-0.1, -0.05) is 24.3 Å². The summed E-state index contributed by atoms with van der Waals surface area (Å²) in [6.45, 7) is 2.51. The minimum atomic E-state index is -0.280. The fraction of sp³-hybridized carbons (Fsp3) is 0.207. The molecule has 0 spiro atoms. The number of para-hydroxylation sites is 1. The highest BCUT2D eigenvalue weighted by atomic mass is 16.7. The van der Waals surface area contributed by atoms with Crippen LogP contribution in [0.25, 0.3) is 10.9 Å². The third kappa shape index (κ3) is 5.37. The monoisotopic (exact) mass is 509 g/mol. The number of pyridine rings is 1. The predicted molar refractivity (Wildman–Crippen MR) is 141 cm³/mol. The van der Waals surface area contributed by atoms with Crippen LogP contribution in [0.3, 0.4) is 0 Å². The molecule has 192 valence electrons. The molecule has 6 rings (SSSR count). The van der Waals surface area contributed by atoms with Crippen LogP contribution < -0.4 is 14.8 Å². The van der Waals surface area contributed by atoms with Gasteiger partial charge in [-0.2, -0.15) is 0 Å². The van der Waals surface area contributed by atoms with Crippen LogP contribution >= 0.6 is 0 Å². The molecular formula is C29H27N5O4. The average molecular weight is 510 g/mol. The first-order chi connectivity index (χ1) is 18.7. The highest BCUT2D eigenvalue weighted by molar-refractivity contribution is 5.91. The Morgan fingerprint density at radius 1 is 1.00 bits per heavy atom. The van der Waals surface area contributed by atoms with Crippen molar-refractivity contribution in [2.45, 2.75) is 26.1 Å². The number of aromatic amines is 1. The SMILES string of the molecule is O=C(NCc1ccncc1)c1coc(CN(CCc2c[nH]c3ccccc23)Cc2ccc3c(c2)OCO3)n1. The summed E-state index contributed by atoms with van der Waals surface area (Å²) in [4.78, 5) is 26.7. The quantitative estimate of drug-likeness (QED) is 0.286. The number of amides is 1. The summed E-state index contributed by atoms with van der Waals surface area (Å²) in [7, 11) is 0. The standard InChI is InChI=1S/C29H27N5O4/c35-29(32-14-20-7-10-30-11-8-20)25-18-36-28(33-25)17-34(16-21-5-6-26-27(13-21)38-19-37-26)12-9-22-15-31-24-4-2-1-3-23(22)24/h1-8,10-11,13,15,18,31H,9,12,14,16-17,19H2,(H,32,35). The summed E-state index contributed by atoms with van der Waals surface area (Å²) in [6.07, 6.45) is 7.71. The van der Waals surface area contributed by atoms with Gasteiger partial charge in [-0.25, -0.2) is 4.98 Å². The van der Waals surface area contributed by atoms with E-state index in [1.54, 1.807) is 12.4 Å². The topological polar surface area (TPSA) is 106 Å². The van der Waals surface area contributed by atoms with Gasteiger partial charge in [-0.3, -0.25) is 14.7 Å². The minimum absolute atomic E-state index is 0.241. The summed E-state index contributed by atoms with van der Waals surface area (Å²) in [5.74, 6) is 1.72. The predicted octanol–water partition coefficient (Wildman–Crippen LogP) is 4.45. The van der Waals surface area contributed by atoms with Crippen molar-refractivity contribution in [2.75, 3.05) is 13.3 Å². The molecule has 0 saturated heterocycles. The number of carbonyl (C=O) groups excluding carboxylic acids is 1. The number of hydrogen-bond acceptors (Lipinski definition) is 7. The van der Waals surface area contributed by atoms with E-state index in [1.807, 2.05) is 36.4 Å². The average Bonchev–Trinajstić information content (AvgIpc) is 3.71. The Morgan fingerprint density at radius 2 is 1.87 bits per heavy atom. The normalized spacial score (nSPS) is 12.3. The van der Waals surface area contributed by atoms with Crippen molar-refractivity contribution in [1.29, 1.82) is 0 Å². The Kier molecular flexibility index (Phi) is 6.73. The maximum absolute atomic E-state index is 12.6. The first-order valence-corrected chi connectivity index (χ1v) is 12.5. The van der Waals surface area contributed by atoms with Crippen LogP contribution in [0.15, 0.2) is 83.9 Å². The van der Waals surface area contributed by atoms with E-state index in [2.05, 4.69) is 49.6 Å². The molecule has 0 bridgehead atoms. The number of nitrogens with one attached hydrogen (secondary N) is 2. The van der Waals surface area contributed by atoms with E-state index in [0.717, 1.165) is 41.1 Å². The van der Waals surface area contributed by atoms with Gasteiger partial charge in [0, 0.05) is 49.1 Å². The zero-order valence-corrected chi connectivity index (χ0v) is 20.7. The third-order valence-electron chi connectivity index (χ3n) is 6.56. The lowest BCUT2D eigenvalue weighted by Crippen LogP contribution is -2.26. The summed E-state index contributed by atoms with van der Waals surface area (Å²) < 4.78 is 16.7. The maximum atomic E-state index is 12.6. The van der Waals surface area contributed by atoms with Gasteiger partial charge in [0.05, 0.1) is 6.54 Å². The number of rotatable bonds is 10. The number of ether oxygens (including phenoxy) is 2. The number of H-pyrrole nitrogens is 1. The van der Waals surface area contributed by atoms with Gasteiger partial charge >= 0.3 is 0 Å². The van der Waals surface area contributed by atoms with Gasteiger partial charge in [-0.15, -0.1) is 0 Å². The Bertz CT molecular complexity index is 1550. The molecule has 9 heteroatoms. The van der Waals surface area contributed by atoms with Crippen molar-refractivity contribution < 1.29 is 18.7 Å². The van der Waals surface area contributed by atoms with Crippen LogP contribution in [0.4, 0.5) is 0 Å². The molecule has 0 atom stereocenters. The molecule has 38 heavy (non-hydrogen) atoms. The van der Waals surface area contributed by atoms with Gasteiger partial charge in [0.25, 0.3) is 5.91 Å². The van der Waals surface area contributed by atoms with Crippen LogP contribution in [0.2, 0.25) is 0 Å². The molecule has 0 fully saturated rings. The molecule has 1 aliphatic rings. The Balaban J connectivity index is 1.15. The number of fused-ring (bicyclic) bond motifs is 2. The van der Waals surface area contributed by atoms with Crippen molar-refractivity contribution in [3.8, 4) is 11.5 Å². The molecule has 1 aliphatic heterocycles. The largest absolute Gasteiger partial charge is 0.454 e. The number of hydrogen-bond donors (Lipinski definition) is 2. The fourth-order valence-electron chi connectivity index (χ4n) is 4.58. The maximum Gasteiger partial charge on any atom is 0.273 e. The number of benzene rings is 2. The van der Waals surface area contributed by atoms with Crippen molar-refractivity contribution in [3.63, 3.8) is 0 Å². The lowest BCUT2D eigenvalue weighted by molar-refractivity contribution is 0.0945. The molecule has 1 amide bonds. The first kappa shape index (κ1) is 23.7. The lowest BCUT2D eigenvalue weighted by Gasteiger charge is -2.21. The highest BCUT2D eigenvalue weighted by Crippen LogP contribution is 2.33. The van der Waals surface area contributed by atoms with E-state index < -0.39 is 0 Å². The molecule has 9 nitrogen and oxygen atoms in total. The van der Waals surface area contributed by atoms with Crippen LogP contribution in [-0.4, -0.2) is 39.1 Å². The van der Waals surface area contributed by atoms with E-state index in [0.29, 0.717) is 25.5 Å². The summed E-state index contributed by atoms with van der Waals surface area (Å²) in [6, 6.07) is 18.0. The Morgan fingerprint density at radius 3 is 2.79 bits per heavy atom. The minimum Gasteiger partial charge on any atom is -0.454 e. The smallest absolute Gasteiger partial charge is 0.273 e. The summed E-state index contributed by atoms with van der Waals surface area (Å²) in [5, 5.41) is 4.10. The lowest BCUT2D eigenvalue weighted by atomic mass is 10.1. The van der Waals surface area contributed by atoms with Crippen LogP contribution in [-0.2, 0) is 26.1 Å². The molecular weight excluding hydrogens is 482 g/mol. The number of carbonyl (C=O) groups is 1. The van der Waals surface area contributed by atoms with Gasteiger partial charge in [0.15, 0.2) is 17.2 Å². The molecule has 0 unspecified atom stereocenters. The molecule has 0 radical (unpaired) electrons. The second kappa shape index (κ2) is 10.8. The second-order valence-electron chi connectivity index (χ2n) is 9.17. The fourth-order valence-corrected chi connectivity index (χ4v) is 4.58. The zero-order chi connectivity index (χ0) is 25.7. The van der Waals surface area contributed by atoms with Gasteiger partial charge in [0.2, 0.25) is 12.7 Å². The molecule has 2 aromatic carbocycles. The zero-order valence-electron chi connectivity index (χ0n) is 20.7. The summed E-state index contributed by atoms with van der Waals surface area (Å²) >= 11 is 0. The van der Waals surface area contributed by atoms with Crippen LogP contribution in [0.5, 0.6) is 11.5 Å². The molecule has 2 N–H and O–H groups in total. The Hall–Kier alpha value is -4.63. The van der Waals surface area contributed by atoms with E-state index in [9.17, 15) is 4.79 Å². The van der Waals surface area contributed by atoms with E-state index in [4.69, 9.17) is 13.9 Å². The second-order valence-corrected chi connectivity index (χ2v) is 9.17. The van der Waals surface area contributed by atoms with Crippen LogP contribution in [0, 0.1) is 0 Å². The highest BCUT2D eigenvalue weighted by Gasteiger charge is 2.18. The summed E-state index contributed by atoms with van der Waals surface area (Å²) in [5.41, 5.74) is 4.69. The van der Waals surface area contributed by atoms with Crippen molar-refractivity contribution in [2.24, 2.45) is 0 Å². The van der Waals surface area contributed by atoms with E-state index in [-0.39, 0.29) is 18.4 Å². The molecule has 4 heterocycles. The third-order valence-corrected chi connectivity index (χ3v) is 6.56. The number of nitrogens with zero attached hydrogens (tertiary/aromatic N) is 3. The van der Waals surface area contributed by atoms with Crippen molar-refractivity contribution in [1.82, 2.24) is 25.2 Å². The Labute approximate surface area is 219 Å². The van der Waals surface area contributed by atoms with Gasteiger partial charge < -0.3 is 24.2 Å². The van der Waals surface area contributed by atoms with E-state index in [1.165, 1.54) is 17.2 Å². The number of aromatic nitrogens is 3. The van der Waals surface area contributed by atoms with Crippen LogP contribution in [0.1, 0.15) is 33.1 Å². The molecule has 3 aromatic heterocycles. The van der Waals surface area contributed by atoms with Gasteiger partial charge in [0.1, 0.15) is 6.26 Å². The van der Waals surface area contributed by atoms with Crippen molar-refractivity contribution >= 4 is 16.8 Å². The molecule has 0 saturated carbocycles. The molecule has 0 aliphatic carbocycles.